The van der Waals surface area contributed by atoms with Crippen molar-refractivity contribution < 1.29 is 19.1 Å². The van der Waals surface area contributed by atoms with Gasteiger partial charge in [-0.3, -0.25) is 0 Å². The van der Waals surface area contributed by atoms with Gasteiger partial charge in [0.15, 0.2) is 0 Å². The Morgan fingerprint density at radius 1 is 0.870 bits per heavy atom. The van der Waals surface area contributed by atoms with Gasteiger partial charge in [0.05, 0.1) is 24.3 Å². The first-order valence-corrected chi connectivity index (χ1v) is 9.31. The third-order valence-electron chi connectivity index (χ3n) is 3.38. The SMILES string of the molecule is CCCCCOC(=O)c1ccc(I)cc1C(=O)OCCCCC. The standard InChI is InChI=1S/C18H25IO4/c1-3-5-7-11-22-17(20)15-10-9-14(19)13-16(15)18(21)23-12-8-6-4-2/h9-10,13H,3-8,11-12H2,1-2H3. The molecule has 128 valence electrons. The van der Waals surface area contributed by atoms with Gasteiger partial charge in [0, 0.05) is 3.57 Å². The number of halogens is 1. The van der Waals surface area contributed by atoms with Crippen LogP contribution < -0.4 is 0 Å². The molecule has 0 bridgehead atoms. The molecule has 0 atom stereocenters. The minimum atomic E-state index is -0.460. The summed E-state index contributed by atoms with van der Waals surface area (Å²) in [6, 6.07) is 5.09. The van der Waals surface area contributed by atoms with E-state index in [1.807, 2.05) is 0 Å². The number of carbonyl (C=O) groups excluding carboxylic acids is 2. The molecule has 23 heavy (non-hydrogen) atoms. The van der Waals surface area contributed by atoms with E-state index < -0.39 is 11.9 Å². The lowest BCUT2D eigenvalue weighted by atomic mass is 10.1. The van der Waals surface area contributed by atoms with Gasteiger partial charge in [-0.25, -0.2) is 9.59 Å². The lowest BCUT2D eigenvalue weighted by Crippen LogP contribution is -2.15. The van der Waals surface area contributed by atoms with Crippen molar-refractivity contribution >= 4 is 34.5 Å². The molecule has 1 aromatic carbocycles. The first-order chi connectivity index (χ1) is 11.1. The molecule has 4 nitrogen and oxygen atoms in total. The van der Waals surface area contributed by atoms with Crippen LogP contribution in [-0.2, 0) is 9.47 Å². The van der Waals surface area contributed by atoms with E-state index in [1.165, 1.54) is 0 Å². The van der Waals surface area contributed by atoms with E-state index in [1.54, 1.807) is 18.2 Å². The van der Waals surface area contributed by atoms with Crippen molar-refractivity contribution in [3.05, 3.63) is 32.9 Å². The van der Waals surface area contributed by atoms with E-state index >= 15 is 0 Å². The molecule has 0 spiro atoms. The van der Waals surface area contributed by atoms with E-state index in [0.29, 0.717) is 13.2 Å². The molecule has 0 fully saturated rings. The Morgan fingerprint density at radius 3 is 1.91 bits per heavy atom. The highest BCUT2D eigenvalue weighted by molar-refractivity contribution is 14.1. The molecule has 0 unspecified atom stereocenters. The Labute approximate surface area is 152 Å². The number of esters is 2. The van der Waals surface area contributed by atoms with Crippen molar-refractivity contribution in [3.63, 3.8) is 0 Å². The Balaban J connectivity index is 2.71. The maximum absolute atomic E-state index is 12.2. The van der Waals surface area contributed by atoms with Crippen molar-refractivity contribution in [1.82, 2.24) is 0 Å². The highest BCUT2D eigenvalue weighted by Gasteiger charge is 2.19. The van der Waals surface area contributed by atoms with Crippen LogP contribution in [0.15, 0.2) is 18.2 Å². The summed E-state index contributed by atoms with van der Waals surface area (Å²) < 4.78 is 11.4. The molecule has 1 aromatic rings. The predicted octanol–water partition coefficient (Wildman–Crippen LogP) is 4.99. The topological polar surface area (TPSA) is 52.6 Å². The Hall–Kier alpha value is -1.11. The van der Waals surface area contributed by atoms with Gasteiger partial charge in [0.25, 0.3) is 0 Å². The number of ether oxygens (including phenoxy) is 2. The van der Waals surface area contributed by atoms with Gasteiger partial charge in [-0.1, -0.05) is 39.5 Å². The van der Waals surface area contributed by atoms with Crippen molar-refractivity contribution in [1.29, 1.82) is 0 Å². The highest BCUT2D eigenvalue weighted by Crippen LogP contribution is 2.17. The van der Waals surface area contributed by atoms with Crippen LogP contribution in [-0.4, -0.2) is 25.2 Å². The van der Waals surface area contributed by atoms with Gasteiger partial charge in [-0.05, 0) is 53.6 Å². The quantitative estimate of drug-likeness (QED) is 0.297. The second-order valence-corrected chi connectivity index (χ2v) is 6.62. The molecule has 0 saturated heterocycles. The molecule has 0 amide bonds. The number of carbonyl (C=O) groups is 2. The van der Waals surface area contributed by atoms with Gasteiger partial charge in [0.2, 0.25) is 0 Å². The number of rotatable bonds is 10. The molecule has 1 rings (SSSR count). The minimum absolute atomic E-state index is 0.280. The zero-order valence-corrected chi connectivity index (χ0v) is 16.1. The van der Waals surface area contributed by atoms with Crippen molar-refractivity contribution in [2.75, 3.05) is 13.2 Å². The zero-order valence-electron chi connectivity index (χ0n) is 13.9. The second-order valence-electron chi connectivity index (χ2n) is 5.38. The van der Waals surface area contributed by atoms with Crippen LogP contribution in [0, 0.1) is 3.57 Å². The minimum Gasteiger partial charge on any atom is -0.462 e. The normalized spacial score (nSPS) is 10.4. The molecule has 0 heterocycles. The lowest BCUT2D eigenvalue weighted by molar-refractivity contribution is 0.0451. The van der Waals surface area contributed by atoms with Crippen LogP contribution >= 0.6 is 22.6 Å². The smallest absolute Gasteiger partial charge is 0.339 e. The van der Waals surface area contributed by atoms with Crippen LogP contribution in [0.25, 0.3) is 0 Å². The number of hydrogen-bond donors (Lipinski definition) is 0. The first kappa shape index (κ1) is 19.9. The fraction of sp³-hybridized carbons (Fsp3) is 0.556. The summed E-state index contributed by atoms with van der Waals surface area (Å²) in [7, 11) is 0. The molecule has 0 aliphatic rings. The first-order valence-electron chi connectivity index (χ1n) is 8.24. The fourth-order valence-corrected chi connectivity index (χ4v) is 2.54. The van der Waals surface area contributed by atoms with Crippen LogP contribution in [0.5, 0.6) is 0 Å². The third kappa shape index (κ3) is 7.33. The van der Waals surface area contributed by atoms with Crippen LogP contribution in [0.3, 0.4) is 0 Å². The summed E-state index contributed by atoms with van der Waals surface area (Å²) in [5.74, 6) is -0.918. The van der Waals surface area contributed by atoms with Crippen molar-refractivity contribution in [3.8, 4) is 0 Å². The van der Waals surface area contributed by atoms with E-state index in [9.17, 15) is 9.59 Å². The van der Waals surface area contributed by atoms with Crippen molar-refractivity contribution in [2.24, 2.45) is 0 Å². The van der Waals surface area contributed by atoms with E-state index in [4.69, 9.17) is 9.47 Å². The van der Waals surface area contributed by atoms with Gasteiger partial charge in [-0.15, -0.1) is 0 Å². The summed E-state index contributed by atoms with van der Waals surface area (Å²) in [6.07, 6.45) is 5.84. The molecule has 5 heteroatoms. The average molecular weight is 432 g/mol. The van der Waals surface area contributed by atoms with Gasteiger partial charge in [0.1, 0.15) is 0 Å². The maximum atomic E-state index is 12.2. The van der Waals surface area contributed by atoms with Crippen LogP contribution in [0.4, 0.5) is 0 Å². The second kappa shape index (κ2) is 11.4. The van der Waals surface area contributed by atoms with E-state index in [0.717, 1.165) is 42.1 Å². The van der Waals surface area contributed by atoms with Gasteiger partial charge < -0.3 is 9.47 Å². The highest BCUT2D eigenvalue weighted by atomic mass is 127. The fourth-order valence-electron chi connectivity index (χ4n) is 2.05. The Morgan fingerprint density at radius 2 is 1.39 bits per heavy atom. The number of benzene rings is 1. The Kier molecular flexibility index (Phi) is 9.91. The molecule has 0 aliphatic heterocycles. The summed E-state index contributed by atoms with van der Waals surface area (Å²) in [6.45, 7) is 4.94. The number of hydrogen-bond acceptors (Lipinski definition) is 4. The molecular formula is C18H25IO4. The lowest BCUT2D eigenvalue weighted by Gasteiger charge is -2.10. The maximum Gasteiger partial charge on any atom is 0.339 e. The summed E-state index contributed by atoms with van der Waals surface area (Å²) >= 11 is 2.11. The molecular weight excluding hydrogens is 407 g/mol. The van der Waals surface area contributed by atoms with Crippen molar-refractivity contribution in [2.45, 2.75) is 52.4 Å². The third-order valence-corrected chi connectivity index (χ3v) is 4.05. The zero-order chi connectivity index (χ0) is 17.1. The largest absolute Gasteiger partial charge is 0.462 e. The number of unbranched alkanes of at least 4 members (excludes halogenated alkanes) is 4. The molecule has 0 saturated carbocycles. The van der Waals surface area contributed by atoms with E-state index in [-0.39, 0.29) is 11.1 Å². The molecule has 0 aromatic heterocycles. The summed E-state index contributed by atoms with van der Waals surface area (Å²) in [4.78, 5) is 24.4. The predicted molar refractivity (Wildman–Crippen MR) is 98.8 cm³/mol. The average Bonchev–Trinajstić information content (AvgIpc) is 2.55. The van der Waals surface area contributed by atoms with Crippen LogP contribution in [0.2, 0.25) is 0 Å². The monoisotopic (exact) mass is 432 g/mol. The Bertz CT molecular complexity index is 514. The van der Waals surface area contributed by atoms with Gasteiger partial charge >= 0.3 is 11.9 Å². The van der Waals surface area contributed by atoms with Gasteiger partial charge in [-0.2, -0.15) is 0 Å². The summed E-state index contributed by atoms with van der Waals surface area (Å²) in [5.41, 5.74) is 0.566. The molecule has 0 radical (unpaired) electrons. The molecule has 0 aliphatic carbocycles. The van der Waals surface area contributed by atoms with E-state index in [2.05, 4.69) is 36.4 Å². The van der Waals surface area contributed by atoms with Crippen LogP contribution in [0.1, 0.15) is 73.1 Å². The summed E-state index contributed by atoms with van der Waals surface area (Å²) in [5, 5.41) is 0. The molecule has 0 N–H and O–H groups in total.